The summed E-state index contributed by atoms with van der Waals surface area (Å²) in [5, 5.41) is 23.0. The van der Waals surface area contributed by atoms with Crippen molar-refractivity contribution in [3.63, 3.8) is 0 Å². The summed E-state index contributed by atoms with van der Waals surface area (Å²) in [5.41, 5.74) is 2.07. The number of halogens is 1. The number of rotatable bonds is 6. The van der Waals surface area contributed by atoms with Gasteiger partial charge in [-0.25, -0.2) is 14.4 Å². The Bertz CT molecular complexity index is 1650. The number of H-pyrrole nitrogens is 1. The Hall–Kier alpha value is -4.35. The van der Waals surface area contributed by atoms with Gasteiger partial charge in [0.1, 0.15) is 11.6 Å². The highest BCUT2D eigenvalue weighted by atomic mass is 19.1. The molecule has 3 aromatic heterocycles. The first-order valence-corrected chi connectivity index (χ1v) is 14.3. The number of fused-ring (bicyclic) bond motifs is 1. The van der Waals surface area contributed by atoms with Crippen LogP contribution in [0.4, 0.5) is 21.6 Å². The molecule has 0 saturated carbocycles. The maximum absolute atomic E-state index is 15.5. The molecule has 1 unspecified atom stereocenters. The Labute approximate surface area is 241 Å². The standard InChI is InChI=1S/C31H33FN6O4/c32-24-15-19(31(42)38-12-2-1-3-21(38)18-39)4-6-23(24)26-16-27(29-25(35-26)8-11-33-30(29)41)36-28-7-5-20(17-34-28)37-13-9-22(40)10-14-37/h4-8,11,15-17,21-22,39-40H,1-3,9-10,12-14,18H2,(H,33,41)(H,34,35,36). The SMILES string of the molecule is O=C(c1ccc(-c2cc(Nc3ccc(N4CCC(O)CC4)cn3)c3c(=O)[nH]ccc3n2)c(F)c1)N1CCCCC1CO. The Morgan fingerprint density at radius 2 is 1.90 bits per heavy atom. The average molecular weight is 573 g/mol. The molecule has 218 valence electrons. The normalized spacial score (nSPS) is 17.9. The molecular formula is C31H33FN6O4. The number of hydrogen-bond donors (Lipinski definition) is 4. The number of carbonyl (C=O) groups excluding carboxylic acids is 1. The van der Waals surface area contributed by atoms with E-state index in [0.29, 0.717) is 47.5 Å². The van der Waals surface area contributed by atoms with Crippen LogP contribution in [0.1, 0.15) is 42.5 Å². The maximum Gasteiger partial charge on any atom is 0.259 e. The Morgan fingerprint density at radius 3 is 2.64 bits per heavy atom. The van der Waals surface area contributed by atoms with Crippen molar-refractivity contribution in [3.8, 4) is 11.3 Å². The lowest BCUT2D eigenvalue weighted by molar-refractivity contribution is 0.0502. The van der Waals surface area contributed by atoms with Gasteiger partial charge in [0, 0.05) is 37.0 Å². The highest BCUT2D eigenvalue weighted by Gasteiger charge is 2.27. The van der Waals surface area contributed by atoms with Crippen LogP contribution in [-0.4, -0.2) is 74.4 Å². The summed E-state index contributed by atoms with van der Waals surface area (Å²) in [6.07, 6.45) is 6.90. The summed E-state index contributed by atoms with van der Waals surface area (Å²) in [6.45, 7) is 1.90. The largest absolute Gasteiger partial charge is 0.394 e. The van der Waals surface area contributed by atoms with Crippen LogP contribution in [-0.2, 0) is 0 Å². The number of piperidine rings is 2. The first-order valence-electron chi connectivity index (χ1n) is 14.3. The summed E-state index contributed by atoms with van der Waals surface area (Å²) in [5.74, 6) is -0.427. The van der Waals surface area contributed by atoms with Gasteiger partial charge in [0.15, 0.2) is 0 Å². The molecule has 2 aliphatic heterocycles. The van der Waals surface area contributed by atoms with Crippen molar-refractivity contribution in [3.05, 3.63) is 76.6 Å². The van der Waals surface area contributed by atoms with E-state index < -0.39 is 5.82 Å². The van der Waals surface area contributed by atoms with Gasteiger partial charge in [0.05, 0.1) is 52.9 Å². The summed E-state index contributed by atoms with van der Waals surface area (Å²) in [7, 11) is 0. The number of likely N-dealkylation sites (tertiary alicyclic amines) is 1. The molecular weight excluding hydrogens is 539 g/mol. The lowest BCUT2D eigenvalue weighted by atomic mass is 10.0. The van der Waals surface area contributed by atoms with E-state index in [1.807, 2.05) is 12.1 Å². The molecule has 1 aromatic carbocycles. The van der Waals surface area contributed by atoms with Gasteiger partial charge in [0.25, 0.3) is 11.5 Å². The summed E-state index contributed by atoms with van der Waals surface area (Å²) in [6, 6.07) is 11.0. The molecule has 6 rings (SSSR count). The Balaban J connectivity index is 1.30. The van der Waals surface area contributed by atoms with Crippen molar-refractivity contribution in [2.45, 2.75) is 44.2 Å². The van der Waals surface area contributed by atoms with Crippen molar-refractivity contribution in [1.82, 2.24) is 19.9 Å². The topological polar surface area (TPSA) is 135 Å². The summed E-state index contributed by atoms with van der Waals surface area (Å²) in [4.78, 5) is 41.5. The van der Waals surface area contributed by atoms with Crippen LogP contribution in [0.2, 0.25) is 0 Å². The number of nitrogens with one attached hydrogen (secondary N) is 2. The van der Waals surface area contributed by atoms with Crippen LogP contribution >= 0.6 is 0 Å². The van der Waals surface area contributed by atoms with E-state index in [-0.39, 0.29) is 41.3 Å². The van der Waals surface area contributed by atoms with Crippen LogP contribution in [0.5, 0.6) is 0 Å². The molecule has 1 amide bonds. The first-order chi connectivity index (χ1) is 20.4. The molecule has 4 N–H and O–H groups in total. The smallest absolute Gasteiger partial charge is 0.259 e. The molecule has 1 atom stereocenters. The molecule has 0 aliphatic carbocycles. The minimum Gasteiger partial charge on any atom is -0.394 e. The third kappa shape index (κ3) is 5.57. The number of aliphatic hydroxyl groups excluding tert-OH is 2. The number of carbonyl (C=O) groups is 1. The fourth-order valence-electron chi connectivity index (χ4n) is 5.82. The number of anilines is 3. The second-order valence-electron chi connectivity index (χ2n) is 10.9. The summed E-state index contributed by atoms with van der Waals surface area (Å²) >= 11 is 0. The Kier molecular flexibility index (Phi) is 7.86. The molecule has 0 spiro atoms. The first kappa shape index (κ1) is 27.8. The van der Waals surface area contributed by atoms with Crippen molar-refractivity contribution in [1.29, 1.82) is 0 Å². The molecule has 0 bridgehead atoms. The van der Waals surface area contributed by atoms with Gasteiger partial charge in [-0.05, 0) is 74.6 Å². The van der Waals surface area contributed by atoms with Gasteiger partial charge in [-0.3, -0.25) is 9.59 Å². The van der Waals surface area contributed by atoms with Gasteiger partial charge < -0.3 is 30.3 Å². The fourth-order valence-corrected chi connectivity index (χ4v) is 5.82. The number of aromatic nitrogens is 3. The number of hydrogen-bond acceptors (Lipinski definition) is 8. The van der Waals surface area contributed by atoms with Crippen LogP contribution in [0.15, 0.2) is 59.7 Å². The highest BCUT2D eigenvalue weighted by Crippen LogP contribution is 2.31. The van der Waals surface area contributed by atoms with Gasteiger partial charge in [-0.15, -0.1) is 0 Å². The predicted molar refractivity (Wildman–Crippen MR) is 158 cm³/mol. The van der Waals surface area contributed by atoms with Crippen LogP contribution < -0.4 is 15.8 Å². The molecule has 5 heterocycles. The molecule has 2 aliphatic rings. The van der Waals surface area contributed by atoms with Crippen molar-refractivity contribution < 1.29 is 19.4 Å². The number of aliphatic hydroxyl groups is 2. The second kappa shape index (κ2) is 11.9. The minimum absolute atomic E-state index is 0.123. The fraction of sp³-hybridized carbons (Fsp3) is 0.355. The quantitative estimate of drug-likeness (QED) is 0.274. The highest BCUT2D eigenvalue weighted by molar-refractivity contribution is 5.96. The van der Waals surface area contributed by atoms with Gasteiger partial charge >= 0.3 is 0 Å². The van der Waals surface area contributed by atoms with E-state index in [1.54, 1.807) is 29.3 Å². The van der Waals surface area contributed by atoms with Crippen molar-refractivity contribution in [2.75, 3.05) is 36.5 Å². The Morgan fingerprint density at radius 1 is 1.07 bits per heavy atom. The van der Waals surface area contributed by atoms with Crippen LogP contribution in [0, 0.1) is 5.82 Å². The lowest BCUT2D eigenvalue weighted by Crippen LogP contribution is -2.45. The molecule has 0 radical (unpaired) electrons. The van der Waals surface area contributed by atoms with Crippen molar-refractivity contribution in [2.24, 2.45) is 0 Å². The van der Waals surface area contributed by atoms with Gasteiger partial charge in [-0.1, -0.05) is 0 Å². The van der Waals surface area contributed by atoms with Crippen LogP contribution in [0.25, 0.3) is 22.2 Å². The number of benzene rings is 1. The third-order valence-electron chi connectivity index (χ3n) is 8.16. The van der Waals surface area contributed by atoms with E-state index in [0.717, 1.165) is 38.0 Å². The van der Waals surface area contributed by atoms with Gasteiger partial charge in [0.2, 0.25) is 0 Å². The predicted octanol–water partition coefficient (Wildman–Crippen LogP) is 3.82. The number of aromatic amines is 1. The second-order valence-corrected chi connectivity index (χ2v) is 10.9. The minimum atomic E-state index is -0.616. The monoisotopic (exact) mass is 572 g/mol. The maximum atomic E-state index is 15.5. The number of amides is 1. The molecule has 10 nitrogen and oxygen atoms in total. The molecule has 4 aromatic rings. The third-order valence-corrected chi connectivity index (χ3v) is 8.16. The average Bonchev–Trinajstić information content (AvgIpc) is 3.01. The molecule has 11 heteroatoms. The number of pyridine rings is 3. The van der Waals surface area contributed by atoms with E-state index in [4.69, 9.17) is 0 Å². The zero-order valence-corrected chi connectivity index (χ0v) is 23.1. The molecule has 2 fully saturated rings. The van der Waals surface area contributed by atoms with E-state index in [2.05, 4.69) is 25.2 Å². The van der Waals surface area contributed by atoms with Crippen LogP contribution in [0.3, 0.4) is 0 Å². The zero-order chi connectivity index (χ0) is 29.2. The van der Waals surface area contributed by atoms with Gasteiger partial charge in [-0.2, -0.15) is 0 Å². The molecule has 2 saturated heterocycles. The zero-order valence-electron chi connectivity index (χ0n) is 23.1. The summed E-state index contributed by atoms with van der Waals surface area (Å²) < 4.78 is 15.5. The van der Waals surface area contributed by atoms with E-state index in [1.165, 1.54) is 18.3 Å². The lowest BCUT2D eigenvalue weighted by Gasteiger charge is -2.34. The van der Waals surface area contributed by atoms with Crippen molar-refractivity contribution >= 4 is 34.0 Å². The number of nitrogens with zero attached hydrogens (tertiary/aromatic N) is 4. The molecule has 42 heavy (non-hydrogen) atoms. The van der Waals surface area contributed by atoms with E-state index in [9.17, 15) is 19.8 Å². The van der Waals surface area contributed by atoms with E-state index >= 15 is 4.39 Å².